The van der Waals surface area contributed by atoms with Gasteiger partial charge in [-0.1, -0.05) is 41.9 Å². The number of halogens is 1. The van der Waals surface area contributed by atoms with E-state index >= 15 is 0 Å². The van der Waals surface area contributed by atoms with Crippen LogP contribution in [0.4, 0.5) is 0 Å². The van der Waals surface area contributed by atoms with Crippen LogP contribution in [0.1, 0.15) is 28.2 Å². The Kier molecular flexibility index (Phi) is 2.92. The third-order valence-electron chi connectivity index (χ3n) is 3.63. The Morgan fingerprint density at radius 3 is 2.50 bits per heavy atom. The number of carbonyl (C=O) groups is 1. The highest BCUT2D eigenvalue weighted by atomic mass is 35.5. The molecule has 0 saturated carbocycles. The summed E-state index contributed by atoms with van der Waals surface area (Å²) in [6.07, 6.45) is 2.97. The van der Waals surface area contributed by atoms with Gasteiger partial charge in [-0.15, -0.1) is 0 Å². The third kappa shape index (κ3) is 1.85. The van der Waals surface area contributed by atoms with E-state index in [1.165, 1.54) is 11.1 Å². The lowest BCUT2D eigenvalue weighted by Crippen LogP contribution is -2.04. The van der Waals surface area contributed by atoms with Crippen LogP contribution in [0, 0.1) is 0 Å². The van der Waals surface area contributed by atoms with Crippen LogP contribution in [0.15, 0.2) is 42.5 Å². The molecule has 1 aliphatic rings. The fraction of sp³-hybridized carbons (Fsp3) is 0.188. The maximum Gasteiger partial charge on any atom is 0.131 e. The average Bonchev–Trinajstić information content (AvgIpc) is 2.54. The van der Waals surface area contributed by atoms with E-state index in [0.29, 0.717) is 5.02 Å². The molecule has 0 unspecified atom stereocenters. The molecule has 2 aromatic rings. The number of rotatable bonds is 1. The summed E-state index contributed by atoms with van der Waals surface area (Å²) in [7, 11) is 0. The number of hydrogen-bond acceptors (Lipinski definition) is 1. The van der Waals surface area contributed by atoms with Gasteiger partial charge in [0.15, 0.2) is 0 Å². The van der Waals surface area contributed by atoms with Gasteiger partial charge >= 0.3 is 0 Å². The SMILES string of the molecule is O=C[C@@H]1c2ccccc2CCc2ccc(Cl)cc21. The second-order valence-electron chi connectivity index (χ2n) is 4.66. The van der Waals surface area contributed by atoms with Gasteiger partial charge in [-0.2, -0.15) is 0 Å². The van der Waals surface area contributed by atoms with Gasteiger partial charge in [0.1, 0.15) is 6.29 Å². The van der Waals surface area contributed by atoms with Crippen molar-refractivity contribution in [2.75, 3.05) is 0 Å². The van der Waals surface area contributed by atoms with Crippen LogP contribution < -0.4 is 0 Å². The normalized spacial score (nSPS) is 17.5. The topological polar surface area (TPSA) is 17.1 Å². The Morgan fingerprint density at radius 1 is 1.00 bits per heavy atom. The molecule has 0 saturated heterocycles. The third-order valence-corrected chi connectivity index (χ3v) is 3.87. The molecule has 2 aromatic carbocycles. The molecule has 18 heavy (non-hydrogen) atoms. The predicted octanol–water partition coefficient (Wildman–Crippen LogP) is 3.77. The summed E-state index contributed by atoms with van der Waals surface area (Å²) in [5.74, 6) is -0.183. The highest BCUT2D eigenvalue weighted by molar-refractivity contribution is 6.30. The van der Waals surface area contributed by atoms with Crippen LogP contribution in [-0.2, 0) is 17.6 Å². The summed E-state index contributed by atoms with van der Waals surface area (Å²) in [6, 6.07) is 14.1. The lowest BCUT2D eigenvalue weighted by Gasteiger charge is -2.14. The van der Waals surface area contributed by atoms with Crippen LogP contribution in [0.3, 0.4) is 0 Å². The molecule has 1 atom stereocenters. The van der Waals surface area contributed by atoms with Crippen molar-refractivity contribution < 1.29 is 4.79 Å². The standard InChI is InChI=1S/C16H13ClO/c17-13-8-7-12-6-5-11-3-1-2-4-14(11)16(10-18)15(12)9-13/h1-4,7-10,16H,5-6H2/t16-/m1/s1. The van der Waals surface area contributed by atoms with Crippen LogP contribution in [-0.4, -0.2) is 6.29 Å². The van der Waals surface area contributed by atoms with E-state index in [1.807, 2.05) is 36.4 Å². The van der Waals surface area contributed by atoms with Gasteiger partial charge in [-0.05, 0) is 47.2 Å². The van der Waals surface area contributed by atoms with Crippen LogP contribution >= 0.6 is 11.6 Å². The maximum atomic E-state index is 11.5. The van der Waals surface area contributed by atoms with E-state index in [-0.39, 0.29) is 5.92 Å². The summed E-state index contributed by atoms with van der Waals surface area (Å²) < 4.78 is 0. The number of aryl methyl sites for hydroxylation is 2. The molecule has 1 aliphatic carbocycles. The van der Waals surface area contributed by atoms with Crippen molar-refractivity contribution in [2.45, 2.75) is 18.8 Å². The Labute approximate surface area is 111 Å². The molecule has 90 valence electrons. The molecule has 0 heterocycles. The van der Waals surface area contributed by atoms with E-state index in [2.05, 4.69) is 6.07 Å². The predicted molar refractivity (Wildman–Crippen MR) is 73.2 cm³/mol. The van der Waals surface area contributed by atoms with Gasteiger partial charge in [0.25, 0.3) is 0 Å². The first kappa shape index (κ1) is 11.5. The number of fused-ring (bicyclic) bond motifs is 2. The molecular weight excluding hydrogens is 244 g/mol. The summed E-state index contributed by atoms with van der Waals surface area (Å²) in [5, 5.41) is 0.694. The van der Waals surface area contributed by atoms with E-state index < -0.39 is 0 Å². The molecular formula is C16H13ClO. The van der Waals surface area contributed by atoms with Crippen molar-refractivity contribution in [3.05, 3.63) is 69.7 Å². The van der Waals surface area contributed by atoms with E-state index in [4.69, 9.17) is 11.6 Å². The van der Waals surface area contributed by atoms with Gasteiger partial charge in [0.05, 0.1) is 5.92 Å². The number of benzene rings is 2. The zero-order chi connectivity index (χ0) is 12.5. The zero-order valence-electron chi connectivity index (χ0n) is 9.90. The van der Waals surface area contributed by atoms with Crippen molar-refractivity contribution in [2.24, 2.45) is 0 Å². The molecule has 0 amide bonds. The lowest BCUT2D eigenvalue weighted by atomic mass is 9.89. The summed E-state index contributed by atoms with van der Waals surface area (Å²) in [4.78, 5) is 11.5. The highest BCUT2D eigenvalue weighted by Crippen LogP contribution is 2.34. The quantitative estimate of drug-likeness (QED) is 0.710. The monoisotopic (exact) mass is 256 g/mol. The zero-order valence-corrected chi connectivity index (χ0v) is 10.7. The molecule has 1 nitrogen and oxygen atoms in total. The molecule has 0 fully saturated rings. The Morgan fingerprint density at radius 2 is 1.72 bits per heavy atom. The van der Waals surface area contributed by atoms with Crippen molar-refractivity contribution in [1.29, 1.82) is 0 Å². The van der Waals surface area contributed by atoms with Crippen LogP contribution in [0.5, 0.6) is 0 Å². The minimum atomic E-state index is -0.183. The van der Waals surface area contributed by atoms with Gasteiger partial charge in [0, 0.05) is 5.02 Å². The van der Waals surface area contributed by atoms with Crippen LogP contribution in [0.25, 0.3) is 0 Å². The van der Waals surface area contributed by atoms with Crippen molar-refractivity contribution in [1.82, 2.24) is 0 Å². The first-order valence-electron chi connectivity index (χ1n) is 6.11. The minimum absolute atomic E-state index is 0.183. The van der Waals surface area contributed by atoms with Crippen molar-refractivity contribution >= 4 is 17.9 Å². The van der Waals surface area contributed by atoms with Crippen LogP contribution in [0.2, 0.25) is 5.02 Å². The summed E-state index contributed by atoms with van der Waals surface area (Å²) >= 11 is 6.06. The first-order valence-corrected chi connectivity index (χ1v) is 6.49. The minimum Gasteiger partial charge on any atom is -0.302 e. The number of hydrogen-bond donors (Lipinski definition) is 0. The molecule has 0 spiro atoms. The maximum absolute atomic E-state index is 11.5. The molecule has 0 aliphatic heterocycles. The molecule has 0 radical (unpaired) electrons. The van der Waals surface area contributed by atoms with E-state index in [9.17, 15) is 4.79 Å². The average molecular weight is 257 g/mol. The van der Waals surface area contributed by atoms with Gasteiger partial charge in [-0.3, -0.25) is 0 Å². The Balaban J connectivity index is 2.23. The van der Waals surface area contributed by atoms with Gasteiger partial charge < -0.3 is 4.79 Å². The van der Waals surface area contributed by atoms with Crippen molar-refractivity contribution in [3.8, 4) is 0 Å². The Hall–Kier alpha value is -1.60. The second kappa shape index (κ2) is 4.58. The molecule has 0 N–H and O–H groups in total. The first-order chi connectivity index (χ1) is 8.79. The van der Waals surface area contributed by atoms with Gasteiger partial charge in [-0.25, -0.2) is 0 Å². The molecule has 3 rings (SSSR count). The molecule has 0 bridgehead atoms. The fourth-order valence-electron chi connectivity index (χ4n) is 2.73. The molecule has 0 aromatic heterocycles. The second-order valence-corrected chi connectivity index (χ2v) is 5.09. The smallest absolute Gasteiger partial charge is 0.131 e. The highest BCUT2D eigenvalue weighted by Gasteiger charge is 2.22. The van der Waals surface area contributed by atoms with Crippen molar-refractivity contribution in [3.63, 3.8) is 0 Å². The summed E-state index contributed by atoms with van der Waals surface area (Å²) in [6.45, 7) is 0. The van der Waals surface area contributed by atoms with E-state index in [1.54, 1.807) is 0 Å². The largest absolute Gasteiger partial charge is 0.302 e. The summed E-state index contributed by atoms with van der Waals surface area (Å²) in [5.41, 5.74) is 4.67. The van der Waals surface area contributed by atoms with Gasteiger partial charge in [0.2, 0.25) is 0 Å². The van der Waals surface area contributed by atoms with E-state index in [0.717, 1.165) is 30.3 Å². The fourth-order valence-corrected chi connectivity index (χ4v) is 2.91. The number of aldehydes is 1. The Bertz CT molecular complexity index is 604. The number of carbonyl (C=O) groups excluding carboxylic acids is 1. The molecule has 2 heteroatoms. The lowest BCUT2D eigenvalue weighted by molar-refractivity contribution is -0.108.